The molecule has 2 aliphatic rings. The fourth-order valence-corrected chi connectivity index (χ4v) is 4.30. The average Bonchev–Trinajstić information content (AvgIpc) is 3.03. The molecule has 4 nitrogen and oxygen atoms in total. The molecule has 4 rings (SSSR count). The van der Waals surface area contributed by atoms with Gasteiger partial charge < -0.3 is 9.47 Å². The van der Waals surface area contributed by atoms with E-state index in [-0.39, 0.29) is 11.7 Å². The molecule has 0 saturated carbocycles. The Labute approximate surface area is 166 Å². The van der Waals surface area contributed by atoms with E-state index >= 15 is 0 Å². The highest BCUT2D eigenvalue weighted by Gasteiger charge is 2.32. The Morgan fingerprint density at radius 1 is 1.07 bits per heavy atom. The van der Waals surface area contributed by atoms with Gasteiger partial charge in [0.1, 0.15) is 0 Å². The van der Waals surface area contributed by atoms with Crippen molar-refractivity contribution in [2.45, 2.75) is 25.8 Å². The van der Waals surface area contributed by atoms with Crippen LogP contribution in [0.4, 0.5) is 0 Å². The molecular weight excluding hydrogens is 350 g/mol. The number of methoxy groups -OCH3 is 2. The zero-order chi connectivity index (χ0) is 19.5. The number of carbonyl (C=O) groups is 1. The summed E-state index contributed by atoms with van der Waals surface area (Å²) in [6, 6.07) is 14.4. The first kappa shape index (κ1) is 18.8. The number of hydrogen-bond acceptors (Lipinski definition) is 4. The van der Waals surface area contributed by atoms with Gasteiger partial charge in [-0.25, -0.2) is 0 Å². The summed E-state index contributed by atoms with van der Waals surface area (Å²) in [7, 11) is 3.24. The van der Waals surface area contributed by atoms with Crippen molar-refractivity contribution < 1.29 is 14.3 Å². The van der Waals surface area contributed by atoms with Crippen molar-refractivity contribution in [3.8, 4) is 11.5 Å². The van der Waals surface area contributed by atoms with Gasteiger partial charge in [-0.3, -0.25) is 9.69 Å². The fourth-order valence-electron chi connectivity index (χ4n) is 4.30. The highest BCUT2D eigenvalue weighted by atomic mass is 16.5. The molecular formula is C24H27NO3. The van der Waals surface area contributed by atoms with Gasteiger partial charge in [0, 0.05) is 31.1 Å². The summed E-state index contributed by atoms with van der Waals surface area (Å²) >= 11 is 0. The second-order valence-electron chi connectivity index (χ2n) is 7.67. The van der Waals surface area contributed by atoms with E-state index in [2.05, 4.69) is 41.3 Å². The molecule has 1 heterocycles. The normalized spacial score (nSPS) is 19.3. The van der Waals surface area contributed by atoms with E-state index in [0.29, 0.717) is 11.5 Å². The SMILES string of the molecule is COc1cc2c(cc1OC)C(=O)C(CC1=CCN(Cc3ccccc3)CC1)C2. The molecule has 0 N–H and O–H groups in total. The van der Waals surface area contributed by atoms with Gasteiger partial charge in [0.05, 0.1) is 14.2 Å². The van der Waals surface area contributed by atoms with E-state index in [1.54, 1.807) is 14.2 Å². The second kappa shape index (κ2) is 8.19. The number of rotatable bonds is 6. The molecule has 0 spiro atoms. The highest BCUT2D eigenvalue weighted by molar-refractivity contribution is 6.03. The lowest BCUT2D eigenvalue weighted by Crippen LogP contribution is -2.29. The molecule has 1 aliphatic carbocycles. The Hall–Kier alpha value is -2.59. The van der Waals surface area contributed by atoms with Crippen molar-refractivity contribution >= 4 is 5.78 Å². The predicted molar refractivity (Wildman–Crippen MR) is 110 cm³/mol. The molecule has 4 heteroatoms. The Kier molecular flexibility index (Phi) is 5.49. The van der Waals surface area contributed by atoms with Crippen LogP contribution in [0.1, 0.15) is 34.3 Å². The second-order valence-corrected chi connectivity index (χ2v) is 7.67. The molecule has 146 valence electrons. The van der Waals surface area contributed by atoms with E-state index in [1.165, 1.54) is 11.1 Å². The zero-order valence-corrected chi connectivity index (χ0v) is 16.6. The third-order valence-corrected chi connectivity index (χ3v) is 5.86. The third kappa shape index (κ3) is 3.83. The summed E-state index contributed by atoms with van der Waals surface area (Å²) in [6.45, 7) is 2.99. The van der Waals surface area contributed by atoms with Crippen LogP contribution in [0.15, 0.2) is 54.1 Å². The quantitative estimate of drug-likeness (QED) is 0.705. The van der Waals surface area contributed by atoms with Gasteiger partial charge in [-0.1, -0.05) is 42.0 Å². The zero-order valence-electron chi connectivity index (χ0n) is 16.6. The van der Waals surface area contributed by atoms with Gasteiger partial charge in [0.15, 0.2) is 17.3 Å². The van der Waals surface area contributed by atoms with Crippen LogP contribution in [0.25, 0.3) is 0 Å². The maximum absolute atomic E-state index is 12.9. The van der Waals surface area contributed by atoms with Crippen LogP contribution >= 0.6 is 0 Å². The summed E-state index contributed by atoms with van der Waals surface area (Å²) in [5.74, 6) is 1.61. The molecule has 2 aromatic carbocycles. The smallest absolute Gasteiger partial charge is 0.167 e. The van der Waals surface area contributed by atoms with Crippen LogP contribution in [-0.4, -0.2) is 38.0 Å². The van der Waals surface area contributed by atoms with Crippen LogP contribution in [-0.2, 0) is 13.0 Å². The van der Waals surface area contributed by atoms with Crippen molar-refractivity contribution in [3.05, 3.63) is 70.8 Å². The minimum atomic E-state index is 0.0405. The summed E-state index contributed by atoms with van der Waals surface area (Å²) < 4.78 is 10.8. The molecule has 0 saturated heterocycles. The minimum absolute atomic E-state index is 0.0405. The van der Waals surface area contributed by atoms with Crippen LogP contribution in [0.2, 0.25) is 0 Å². The predicted octanol–water partition coefficient (Wildman–Crippen LogP) is 4.28. The maximum atomic E-state index is 12.9. The summed E-state index contributed by atoms with van der Waals surface area (Å²) in [5.41, 5.74) is 4.64. The number of benzene rings is 2. The number of nitrogens with zero attached hydrogens (tertiary/aromatic N) is 1. The van der Waals surface area contributed by atoms with E-state index in [0.717, 1.165) is 50.0 Å². The Morgan fingerprint density at radius 3 is 2.50 bits per heavy atom. The number of hydrogen-bond donors (Lipinski definition) is 0. The minimum Gasteiger partial charge on any atom is -0.493 e. The maximum Gasteiger partial charge on any atom is 0.167 e. The number of fused-ring (bicyclic) bond motifs is 1. The van der Waals surface area contributed by atoms with E-state index < -0.39 is 0 Å². The van der Waals surface area contributed by atoms with Gasteiger partial charge >= 0.3 is 0 Å². The van der Waals surface area contributed by atoms with Crippen molar-refractivity contribution in [2.75, 3.05) is 27.3 Å². The van der Waals surface area contributed by atoms with Crippen LogP contribution in [0.3, 0.4) is 0 Å². The van der Waals surface area contributed by atoms with E-state index in [9.17, 15) is 4.79 Å². The Morgan fingerprint density at radius 2 is 1.82 bits per heavy atom. The standard InChI is InChI=1S/C24H27NO3/c1-27-22-14-19-13-20(24(26)21(19)15-23(22)28-2)12-17-8-10-25(11-9-17)16-18-6-4-3-5-7-18/h3-8,14-15,20H,9-13,16H2,1-2H3. The molecule has 0 bridgehead atoms. The molecule has 0 radical (unpaired) electrons. The first-order valence-corrected chi connectivity index (χ1v) is 9.91. The molecule has 2 aromatic rings. The first-order valence-electron chi connectivity index (χ1n) is 9.91. The largest absolute Gasteiger partial charge is 0.493 e. The van der Waals surface area contributed by atoms with Crippen molar-refractivity contribution in [1.29, 1.82) is 0 Å². The van der Waals surface area contributed by atoms with Crippen molar-refractivity contribution in [1.82, 2.24) is 4.90 Å². The molecule has 0 fully saturated rings. The number of carbonyl (C=O) groups excluding carboxylic acids is 1. The van der Waals surface area contributed by atoms with Gasteiger partial charge in [0.2, 0.25) is 0 Å². The summed E-state index contributed by atoms with van der Waals surface area (Å²) in [4.78, 5) is 15.4. The van der Waals surface area contributed by atoms with Gasteiger partial charge in [-0.2, -0.15) is 0 Å². The van der Waals surface area contributed by atoms with Gasteiger partial charge in [0.25, 0.3) is 0 Å². The number of ketones is 1. The van der Waals surface area contributed by atoms with Crippen LogP contribution in [0.5, 0.6) is 11.5 Å². The van der Waals surface area contributed by atoms with Crippen molar-refractivity contribution in [3.63, 3.8) is 0 Å². The monoisotopic (exact) mass is 377 g/mol. The average molecular weight is 377 g/mol. The fraction of sp³-hybridized carbons (Fsp3) is 0.375. The van der Waals surface area contributed by atoms with E-state index in [1.807, 2.05) is 12.1 Å². The molecule has 1 unspecified atom stereocenters. The van der Waals surface area contributed by atoms with Crippen LogP contribution in [0, 0.1) is 5.92 Å². The summed E-state index contributed by atoms with van der Waals surface area (Å²) in [6.07, 6.45) is 5.01. The lowest BCUT2D eigenvalue weighted by molar-refractivity contribution is 0.0934. The molecule has 28 heavy (non-hydrogen) atoms. The lowest BCUT2D eigenvalue weighted by atomic mass is 9.92. The molecule has 1 aliphatic heterocycles. The lowest BCUT2D eigenvalue weighted by Gasteiger charge is -2.27. The first-order chi connectivity index (χ1) is 13.7. The summed E-state index contributed by atoms with van der Waals surface area (Å²) in [5, 5.41) is 0. The van der Waals surface area contributed by atoms with Crippen LogP contribution < -0.4 is 9.47 Å². The molecule has 1 atom stereocenters. The van der Waals surface area contributed by atoms with Gasteiger partial charge in [-0.15, -0.1) is 0 Å². The number of Topliss-reactive ketones (excluding diaryl/α,β-unsaturated/α-hetero) is 1. The molecule has 0 amide bonds. The van der Waals surface area contributed by atoms with Crippen molar-refractivity contribution in [2.24, 2.45) is 5.92 Å². The Bertz CT molecular complexity index is 888. The number of ether oxygens (including phenoxy) is 2. The third-order valence-electron chi connectivity index (χ3n) is 5.86. The van der Waals surface area contributed by atoms with E-state index in [4.69, 9.17) is 9.47 Å². The van der Waals surface area contributed by atoms with Gasteiger partial charge in [-0.05, 0) is 42.5 Å². The molecule has 0 aromatic heterocycles. The Balaban J connectivity index is 1.39. The topological polar surface area (TPSA) is 38.8 Å². The highest BCUT2D eigenvalue weighted by Crippen LogP contribution is 2.38.